The quantitative estimate of drug-likeness (QED) is 0.859. The van der Waals surface area contributed by atoms with Gasteiger partial charge in [-0.05, 0) is 6.92 Å². The van der Waals surface area contributed by atoms with E-state index in [1.165, 1.54) is 11.3 Å². The molecule has 0 aliphatic rings. The smallest absolute Gasteiger partial charge is 0.266 e. The lowest BCUT2D eigenvalue weighted by Gasteiger charge is -2.13. The highest BCUT2D eigenvalue weighted by Crippen LogP contribution is 2.35. The van der Waals surface area contributed by atoms with Gasteiger partial charge in [0.05, 0.1) is 16.8 Å². The van der Waals surface area contributed by atoms with Gasteiger partial charge in [-0.1, -0.05) is 6.08 Å². The van der Waals surface area contributed by atoms with Crippen molar-refractivity contribution >= 4 is 33.1 Å². The second kappa shape index (κ2) is 4.45. The number of rotatable bonds is 3. The van der Waals surface area contributed by atoms with E-state index < -0.39 is 0 Å². The first-order valence-electron chi connectivity index (χ1n) is 5.55. The van der Waals surface area contributed by atoms with Crippen LogP contribution >= 0.6 is 11.3 Å². The topological polar surface area (TPSA) is 64.2 Å². The van der Waals surface area contributed by atoms with Crippen LogP contribution in [0.5, 0.6) is 0 Å². The van der Waals surface area contributed by atoms with Crippen molar-refractivity contribution in [2.75, 3.05) is 19.3 Å². The van der Waals surface area contributed by atoms with Gasteiger partial charge in [0.1, 0.15) is 9.71 Å². The number of nitrogen functional groups attached to an aromatic ring is 1. The van der Waals surface area contributed by atoms with E-state index in [1.54, 1.807) is 22.7 Å². The minimum atomic E-state index is -0.0759. The van der Waals surface area contributed by atoms with Gasteiger partial charge in [-0.2, -0.15) is 5.10 Å². The van der Waals surface area contributed by atoms with Crippen LogP contribution in [0.25, 0.3) is 10.2 Å². The molecule has 2 aromatic heterocycles. The molecule has 0 unspecified atom stereocenters. The standard InChI is InChI=1S/C12H16N4OS/c1-5-6-15(3)11(17)10-9(13)8-7(2)14-16(4)12(8)18-10/h5H,1,6,13H2,2-4H3. The zero-order valence-electron chi connectivity index (χ0n) is 10.7. The van der Waals surface area contributed by atoms with Gasteiger partial charge in [-0.15, -0.1) is 17.9 Å². The van der Waals surface area contributed by atoms with Crippen molar-refractivity contribution in [1.29, 1.82) is 0 Å². The molecule has 5 nitrogen and oxygen atoms in total. The Hall–Kier alpha value is -1.82. The minimum Gasteiger partial charge on any atom is -0.397 e. The molecule has 0 aromatic carbocycles. The Morgan fingerprint density at radius 2 is 2.33 bits per heavy atom. The molecular formula is C12H16N4OS. The maximum absolute atomic E-state index is 12.2. The molecule has 0 spiro atoms. The Labute approximate surface area is 109 Å². The summed E-state index contributed by atoms with van der Waals surface area (Å²) in [5.41, 5.74) is 7.45. The van der Waals surface area contributed by atoms with Crippen molar-refractivity contribution in [3.63, 3.8) is 0 Å². The fraction of sp³-hybridized carbons (Fsp3) is 0.333. The fourth-order valence-electron chi connectivity index (χ4n) is 1.94. The number of anilines is 1. The SMILES string of the molecule is C=CCN(C)C(=O)c1sc2c(c(C)nn2C)c1N. The number of nitrogens with two attached hydrogens (primary N) is 1. The zero-order chi connectivity index (χ0) is 13.4. The van der Waals surface area contributed by atoms with E-state index in [9.17, 15) is 4.79 Å². The molecule has 0 aliphatic carbocycles. The Morgan fingerprint density at radius 3 is 2.89 bits per heavy atom. The van der Waals surface area contributed by atoms with E-state index in [4.69, 9.17) is 5.73 Å². The number of hydrogen-bond acceptors (Lipinski definition) is 4. The number of nitrogens with zero attached hydrogens (tertiary/aromatic N) is 3. The summed E-state index contributed by atoms with van der Waals surface area (Å²) < 4.78 is 1.76. The second-order valence-corrected chi connectivity index (χ2v) is 5.21. The van der Waals surface area contributed by atoms with E-state index in [0.29, 0.717) is 17.1 Å². The van der Waals surface area contributed by atoms with Crippen LogP contribution in [0.4, 0.5) is 5.69 Å². The average Bonchev–Trinajstić information content (AvgIpc) is 2.79. The molecule has 0 saturated carbocycles. The van der Waals surface area contributed by atoms with E-state index in [2.05, 4.69) is 11.7 Å². The molecule has 0 bridgehead atoms. The van der Waals surface area contributed by atoms with E-state index in [-0.39, 0.29) is 5.91 Å². The van der Waals surface area contributed by atoms with Crippen LogP contribution in [-0.4, -0.2) is 34.2 Å². The summed E-state index contributed by atoms with van der Waals surface area (Å²) >= 11 is 1.38. The largest absolute Gasteiger partial charge is 0.397 e. The molecule has 0 atom stereocenters. The monoisotopic (exact) mass is 264 g/mol. The van der Waals surface area contributed by atoms with Crippen LogP contribution in [0.2, 0.25) is 0 Å². The molecule has 2 aromatic rings. The number of likely N-dealkylation sites (N-methyl/N-ethyl adjacent to an activating group) is 1. The highest BCUT2D eigenvalue weighted by atomic mass is 32.1. The number of hydrogen-bond donors (Lipinski definition) is 1. The molecule has 6 heteroatoms. The highest BCUT2D eigenvalue weighted by molar-refractivity contribution is 7.21. The lowest BCUT2D eigenvalue weighted by Crippen LogP contribution is -2.26. The third-order valence-electron chi connectivity index (χ3n) is 2.83. The van der Waals surface area contributed by atoms with Crippen molar-refractivity contribution in [3.8, 4) is 0 Å². The van der Waals surface area contributed by atoms with Crippen LogP contribution < -0.4 is 5.73 Å². The summed E-state index contributed by atoms with van der Waals surface area (Å²) in [6.45, 7) is 6.02. The Morgan fingerprint density at radius 1 is 1.67 bits per heavy atom. The van der Waals surface area contributed by atoms with Gasteiger partial charge in [0.15, 0.2) is 0 Å². The molecular weight excluding hydrogens is 248 g/mol. The maximum Gasteiger partial charge on any atom is 0.266 e. The molecule has 2 heterocycles. The minimum absolute atomic E-state index is 0.0759. The molecule has 0 aliphatic heterocycles. The lowest BCUT2D eigenvalue weighted by atomic mass is 10.2. The normalized spacial score (nSPS) is 10.8. The molecule has 0 fully saturated rings. The molecule has 1 amide bonds. The predicted molar refractivity (Wildman–Crippen MR) is 74.9 cm³/mol. The van der Waals surface area contributed by atoms with Crippen LogP contribution in [-0.2, 0) is 7.05 Å². The summed E-state index contributed by atoms with van der Waals surface area (Å²) in [5, 5.41) is 5.19. The molecule has 0 radical (unpaired) electrons. The number of carbonyl (C=O) groups is 1. The Balaban J connectivity index is 2.52. The first kappa shape index (κ1) is 12.6. The zero-order valence-corrected chi connectivity index (χ0v) is 11.5. The second-order valence-electron chi connectivity index (χ2n) is 4.21. The van der Waals surface area contributed by atoms with E-state index >= 15 is 0 Å². The van der Waals surface area contributed by atoms with Gasteiger partial charge in [-0.25, -0.2) is 0 Å². The number of carbonyl (C=O) groups excluding carboxylic acids is 1. The van der Waals surface area contributed by atoms with E-state index in [1.807, 2.05) is 14.0 Å². The van der Waals surface area contributed by atoms with Crippen molar-refractivity contribution in [2.24, 2.45) is 7.05 Å². The first-order chi connectivity index (χ1) is 8.47. The van der Waals surface area contributed by atoms with Crippen molar-refractivity contribution in [1.82, 2.24) is 14.7 Å². The maximum atomic E-state index is 12.2. The molecule has 0 saturated heterocycles. The van der Waals surface area contributed by atoms with Crippen molar-refractivity contribution in [2.45, 2.75) is 6.92 Å². The number of aromatic nitrogens is 2. The van der Waals surface area contributed by atoms with Crippen molar-refractivity contribution < 1.29 is 4.79 Å². The number of amides is 1. The predicted octanol–water partition coefficient (Wildman–Crippen LogP) is 1.78. The van der Waals surface area contributed by atoms with Gasteiger partial charge in [0.25, 0.3) is 5.91 Å². The Bertz CT molecular complexity index is 626. The van der Waals surface area contributed by atoms with Gasteiger partial charge in [-0.3, -0.25) is 9.48 Å². The van der Waals surface area contributed by atoms with E-state index in [0.717, 1.165) is 15.9 Å². The number of fused-ring (bicyclic) bond motifs is 1. The highest BCUT2D eigenvalue weighted by Gasteiger charge is 2.22. The summed E-state index contributed by atoms with van der Waals surface area (Å²) in [6.07, 6.45) is 1.69. The number of aryl methyl sites for hydroxylation is 2. The van der Waals surface area contributed by atoms with Crippen LogP contribution in [0, 0.1) is 6.92 Å². The van der Waals surface area contributed by atoms with Crippen LogP contribution in [0.3, 0.4) is 0 Å². The van der Waals surface area contributed by atoms with Crippen LogP contribution in [0.15, 0.2) is 12.7 Å². The molecule has 96 valence electrons. The van der Waals surface area contributed by atoms with Crippen molar-refractivity contribution in [3.05, 3.63) is 23.2 Å². The third-order valence-corrected chi connectivity index (χ3v) is 4.09. The van der Waals surface area contributed by atoms with Gasteiger partial charge in [0, 0.05) is 20.6 Å². The van der Waals surface area contributed by atoms with Gasteiger partial charge < -0.3 is 10.6 Å². The molecule has 2 N–H and O–H groups in total. The Kier molecular flexibility index (Phi) is 3.13. The molecule has 2 rings (SSSR count). The van der Waals surface area contributed by atoms with Gasteiger partial charge >= 0.3 is 0 Å². The summed E-state index contributed by atoms with van der Waals surface area (Å²) in [7, 11) is 3.59. The fourth-order valence-corrected chi connectivity index (χ4v) is 3.12. The average molecular weight is 264 g/mol. The number of thiophene rings is 1. The summed E-state index contributed by atoms with van der Waals surface area (Å²) in [4.78, 5) is 15.3. The summed E-state index contributed by atoms with van der Waals surface area (Å²) in [6, 6.07) is 0. The lowest BCUT2D eigenvalue weighted by molar-refractivity contribution is 0.0816. The summed E-state index contributed by atoms with van der Waals surface area (Å²) in [5.74, 6) is -0.0759. The van der Waals surface area contributed by atoms with Crippen LogP contribution in [0.1, 0.15) is 15.4 Å². The van der Waals surface area contributed by atoms with Gasteiger partial charge in [0.2, 0.25) is 0 Å². The molecule has 18 heavy (non-hydrogen) atoms. The first-order valence-corrected chi connectivity index (χ1v) is 6.37. The third kappa shape index (κ3) is 1.78.